The van der Waals surface area contributed by atoms with Crippen molar-refractivity contribution in [3.05, 3.63) is 63.1 Å². The summed E-state index contributed by atoms with van der Waals surface area (Å²) in [6.45, 7) is -0.991. The van der Waals surface area contributed by atoms with Crippen LogP contribution in [0.2, 0.25) is 0 Å². The monoisotopic (exact) mass is 532 g/mol. The molecule has 0 amide bonds. The van der Waals surface area contributed by atoms with E-state index in [1.807, 2.05) is 12.1 Å². The molecule has 3 unspecified atom stereocenters. The number of fused-ring (bicyclic) bond motifs is 1. The third-order valence-corrected chi connectivity index (χ3v) is 7.47. The van der Waals surface area contributed by atoms with Crippen LogP contribution in [0.1, 0.15) is 11.9 Å². The molecule has 3 aromatic rings. The van der Waals surface area contributed by atoms with Gasteiger partial charge in [0.15, 0.2) is 6.23 Å². The maximum Gasteiger partial charge on any atom is 0.479 e. The SMILES string of the molecule is Cn1nc(Cn2c(=O)ccn([C@@H]3O[C@H](COP(=O)(O)O[PH](=O)O)C(O)[C@@H]3O)c2=O)c2ccccc21. The summed E-state index contributed by atoms with van der Waals surface area (Å²) in [6.07, 6.45) is -5.15. The van der Waals surface area contributed by atoms with Crippen LogP contribution in [0.4, 0.5) is 0 Å². The lowest BCUT2D eigenvalue weighted by Gasteiger charge is -2.18. The molecule has 3 heterocycles. The molecule has 1 fully saturated rings. The molecule has 2 aromatic heterocycles. The van der Waals surface area contributed by atoms with E-state index in [1.165, 1.54) is 0 Å². The molecular weight excluding hydrogens is 510 g/mol. The first-order valence-electron chi connectivity index (χ1n) is 10.1. The number of aromatic nitrogens is 4. The number of aryl methyl sites for hydroxylation is 1. The number of hydrogen-bond donors (Lipinski definition) is 4. The number of para-hydroxylation sites is 1. The van der Waals surface area contributed by atoms with Crippen LogP contribution >= 0.6 is 16.1 Å². The van der Waals surface area contributed by atoms with Crippen molar-refractivity contribution in [1.29, 1.82) is 0 Å². The molecule has 0 aliphatic carbocycles. The first-order valence-corrected chi connectivity index (χ1v) is 12.9. The van der Waals surface area contributed by atoms with E-state index in [0.717, 1.165) is 32.3 Å². The maximum absolute atomic E-state index is 13.1. The van der Waals surface area contributed by atoms with Gasteiger partial charge in [0, 0.05) is 24.7 Å². The summed E-state index contributed by atoms with van der Waals surface area (Å²) in [7, 11) is -7.00. The van der Waals surface area contributed by atoms with E-state index in [0.29, 0.717) is 5.69 Å². The van der Waals surface area contributed by atoms with Gasteiger partial charge in [-0.05, 0) is 6.07 Å². The van der Waals surface area contributed by atoms with Crippen molar-refractivity contribution in [1.82, 2.24) is 18.9 Å². The molecular formula is C18H22N4O11P2. The molecule has 0 spiro atoms. The molecule has 4 N–H and O–H groups in total. The summed E-state index contributed by atoms with van der Waals surface area (Å²) in [6, 6.07) is 8.33. The fourth-order valence-corrected chi connectivity index (χ4v) is 5.15. The minimum atomic E-state index is -4.93. The van der Waals surface area contributed by atoms with Crippen LogP contribution in [0, 0.1) is 0 Å². The molecule has 0 bridgehead atoms. The highest BCUT2D eigenvalue weighted by atomic mass is 31.2. The number of hydrogen-bond acceptors (Lipinski definition) is 10. The number of phosphoric acid groups is 1. The highest BCUT2D eigenvalue weighted by Gasteiger charge is 2.45. The average Bonchev–Trinajstić information content (AvgIpc) is 3.25. The van der Waals surface area contributed by atoms with Crippen LogP contribution in [0.15, 0.2) is 46.1 Å². The van der Waals surface area contributed by atoms with Crippen molar-refractivity contribution in [3.8, 4) is 0 Å². The Morgan fingerprint density at radius 3 is 2.63 bits per heavy atom. The average molecular weight is 532 g/mol. The molecule has 1 saturated heterocycles. The zero-order valence-corrected chi connectivity index (χ0v) is 20.0. The third-order valence-electron chi connectivity index (χ3n) is 5.44. The van der Waals surface area contributed by atoms with E-state index in [4.69, 9.17) is 9.63 Å². The second kappa shape index (κ2) is 9.90. The lowest BCUT2D eigenvalue weighted by molar-refractivity contribution is -0.0545. The largest absolute Gasteiger partial charge is 0.479 e. The van der Waals surface area contributed by atoms with E-state index >= 15 is 0 Å². The summed E-state index contributed by atoms with van der Waals surface area (Å²) in [4.78, 5) is 43.6. The van der Waals surface area contributed by atoms with E-state index in [-0.39, 0.29) is 6.54 Å². The Bertz CT molecular complexity index is 1430. The Balaban J connectivity index is 1.59. The smallest absolute Gasteiger partial charge is 0.387 e. The molecule has 1 aromatic carbocycles. The summed E-state index contributed by atoms with van der Waals surface area (Å²) in [5, 5.41) is 25.8. The number of phosphoric ester groups is 1. The van der Waals surface area contributed by atoms with Crippen LogP contribution in [0.5, 0.6) is 0 Å². The second-order valence-corrected chi connectivity index (χ2v) is 10.1. The van der Waals surface area contributed by atoms with Gasteiger partial charge in [-0.1, -0.05) is 18.2 Å². The van der Waals surface area contributed by atoms with Crippen molar-refractivity contribution in [2.24, 2.45) is 7.05 Å². The predicted octanol–water partition coefficient (Wildman–Crippen LogP) is -0.920. The Morgan fingerprint density at radius 1 is 1.20 bits per heavy atom. The number of ether oxygens (including phenoxy) is 1. The van der Waals surface area contributed by atoms with Crippen LogP contribution in [-0.4, -0.2) is 63.8 Å². The summed E-state index contributed by atoms with van der Waals surface area (Å²) in [5.74, 6) is 0. The van der Waals surface area contributed by atoms with Crippen molar-refractivity contribution in [2.75, 3.05) is 6.61 Å². The van der Waals surface area contributed by atoms with Gasteiger partial charge in [-0.2, -0.15) is 5.10 Å². The van der Waals surface area contributed by atoms with Crippen LogP contribution in [-0.2, 0) is 36.3 Å². The third kappa shape index (κ3) is 5.23. The number of benzene rings is 1. The Kier molecular flexibility index (Phi) is 7.25. The van der Waals surface area contributed by atoms with Gasteiger partial charge in [0.25, 0.3) is 5.56 Å². The summed E-state index contributed by atoms with van der Waals surface area (Å²) in [5.41, 5.74) is -0.239. The lowest BCUT2D eigenvalue weighted by Crippen LogP contribution is -2.43. The van der Waals surface area contributed by atoms with Crippen LogP contribution in [0.25, 0.3) is 10.9 Å². The minimum absolute atomic E-state index is 0.177. The number of nitrogens with zero attached hydrogens (tertiary/aromatic N) is 4. The zero-order valence-electron chi connectivity index (χ0n) is 18.1. The van der Waals surface area contributed by atoms with E-state index in [2.05, 4.69) is 13.9 Å². The Morgan fingerprint density at radius 2 is 1.91 bits per heavy atom. The van der Waals surface area contributed by atoms with E-state index < -0.39 is 58.5 Å². The van der Waals surface area contributed by atoms with Gasteiger partial charge in [-0.25, -0.2) is 13.7 Å². The molecule has 6 atom stereocenters. The molecule has 0 saturated carbocycles. The summed E-state index contributed by atoms with van der Waals surface area (Å²) < 4.78 is 39.5. The number of aliphatic hydroxyl groups is 2. The van der Waals surface area contributed by atoms with Crippen LogP contribution in [0.3, 0.4) is 0 Å². The van der Waals surface area contributed by atoms with Gasteiger partial charge in [0.1, 0.15) is 18.3 Å². The molecule has 35 heavy (non-hydrogen) atoms. The summed E-state index contributed by atoms with van der Waals surface area (Å²) >= 11 is 0. The molecule has 15 nitrogen and oxygen atoms in total. The fraction of sp³-hybridized carbons (Fsp3) is 0.389. The molecule has 17 heteroatoms. The Labute approximate surface area is 196 Å². The lowest BCUT2D eigenvalue weighted by atomic mass is 10.1. The predicted molar refractivity (Wildman–Crippen MR) is 119 cm³/mol. The maximum atomic E-state index is 13.1. The van der Waals surface area contributed by atoms with Gasteiger partial charge in [0.2, 0.25) is 0 Å². The quantitative estimate of drug-likeness (QED) is 0.260. The first-order chi connectivity index (χ1) is 16.5. The van der Waals surface area contributed by atoms with Crippen molar-refractivity contribution in [3.63, 3.8) is 0 Å². The van der Waals surface area contributed by atoms with Crippen molar-refractivity contribution < 1.29 is 42.7 Å². The number of rotatable bonds is 8. The van der Waals surface area contributed by atoms with Crippen LogP contribution < -0.4 is 11.2 Å². The normalized spacial score (nSPS) is 25.1. The van der Waals surface area contributed by atoms with Gasteiger partial charge >= 0.3 is 21.8 Å². The van der Waals surface area contributed by atoms with Gasteiger partial charge < -0.3 is 24.7 Å². The van der Waals surface area contributed by atoms with E-state index in [9.17, 15) is 33.8 Å². The zero-order chi connectivity index (χ0) is 25.5. The molecule has 1 aliphatic rings. The molecule has 190 valence electrons. The van der Waals surface area contributed by atoms with E-state index in [1.54, 1.807) is 23.9 Å². The Hall–Kier alpha value is -2.45. The molecule has 4 rings (SSSR count). The standard InChI is InChI=1S/C18H22N4O11P2/c1-20-12-5-3-2-4-10(12)11(19-20)8-22-14(23)6-7-21(18(22)26)17-16(25)15(24)13(32-17)9-31-35(29,30)33-34(27)28/h2-7,13,15-17,24-25,34H,8-9H2,1H3,(H,27,28)(H,29,30)/t13-,15?,16+,17-/m1/s1. The number of aliphatic hydroxyl groups excluding tert-OH is 2. The highest BCUT2D eigenvalue weighted by Crippen LogP contribution is 2.51. The van der Waals surface area contributed by atoms with Gasteiger partial charge in [-0.3, -0.25) is 27.7 Å². The van der Waals surface area contributed by atoms with Gasteiger partial charge in [-0.15, -0.1) is 0 Å². The van der Waals surface area contributed by atoms with Gasteiger partial charge in [0.05, 0.1) is 24.4 Å². The first kappa shape index (κ1) is 25.6. The highest BCUT2D eigenvalue weighted by molar-refractivity contribution is 7.55. The van der Waals surface area contributed by atoms with Crippen molar-refractivity contribution >= 4 is 27.0 Å². The molecule has 1 aliphatic heterocycles. The van der Waals surface area contributed by atoms with Crippen molar-refractivity contribution in [2.45, 2.75) is 31.1 Å². The topological polar surface area (TPSA) is 205 Å². The minimum Gasteiger partial charge on any atom is -0.387 e. The molecule has 0 radical (unpaired) electrons. The fourth-order valence-electron chi connectivity index (χ4n) is 3.82. The second-order valence-electron chi connectivity index (χ2n) is 7.69.